The van der Waals surface area contributed by atoms with Crippen molar-refractivity contribution in [2.75, 3.05) is 0 Å². The van der Waals surface area contributed by atoms with Gasteiger partial charge in [-0.05, 0) is 40.5 Å². The van der Waals surface area contributed by atoms with Crippen LogP contribution in [0.25, 0.3) is 0 Å². The first-order chi connectivity index (χ1) is 10.9. The van der Waals surface area contributed by atoms with Gasteiger partial charge in [0, 0.05) is 29.3 Å². The van der Waals surface area contributed by atoms with E-state index in [0.717, 1.165) is 15.6 Å². The summed E-state index contributed by atoms with van der Waals surface area (Å²) in [5.41, 5.74) is 1.80. The Labute approximate surface area is 152 Å². The Morgan fingerprint density at radius 2 is 1.74 bits per heavy atom. The van der Waals surface area contributed by atoms with Gasteiger partial charge in [-0.15, -0.1) is 0 Å². The number of Topliss-reactive ketones (excluding diaryl/α,β-unsaturated/α-hetero) is 1. The normalized spacial score (nSPS) is 11.8. The van der Waals surface area contributed by atoms with E-state index in [1.165, 1.54) is 6.92 Å². The first-order valence-electron chi connectivity index (χ1n) is 7.10. The van der Waals surface area contributed by atoms with Crippen molar-refractivity contribution in [1.29, 1.82) is 0 Å². The molecule has 2 rings (SSSR count). The van der Waals surface area contributed by atoms with Crippen LogP contribution in [0.4, 0.5) is 0 Å². The van der Waals surface area contributed by atoms with Crippen molar-refractivity contribution in [3.63, 3.8) is 0 Å². The first-order valence-corrected chi connectivity index (χ1v) is 8.68. The Morgan fingerprint density at radius 3 is 2.30 bits per heavy atom. The number of carbonyl (C=O) groups excluding carboxylic acids is 2. The van der Waals surface area contributed by atoms with E-state index < -0.39 is 5.97 Å². The number of rotatable bonds is 5. The molecule has 23 heavy (non-hydrogen) atoms. The van der Waals surface area contributed by atoms with E-state index in [1.54, 1.807) is 6.92 Å². The van der Waals surface area contributed by atoms with Crippen LogP contribution in [-0.2, 0) is 9.59 Å². The summed E-state index contributed by atoms with van der Waals surface area (Å²) in [6.45, 7) is 2.93. The average molecular weight is 440 g/mol. The smallest absolute Gasteiger partial charge is 0.308 e. The van der Waals surface area contributed by atoms with Gasteiger partial charge in [0.25, 0.3) is 0 Å². The fraction of sp³-hybridized carbons (Fsp3) is 0.222. The lowest BCUT2D eigenvalue weighted by molar-refractivity contribution is -0.132. The van der Waals surface area contributed by atoms with E-state index in [9.17, 15) is 9.59 Å². The third kappa shape index (κ3) is 4.75. The largest absolute Gasteiger partial charge is 0.425 e. The number of hydrogen-bond donors (Lipinski definition) is 0. The number of ether oxygens (including phenoxy) is 1. The number of esters is 1. The minimum atomic E-state index is -0.399. The number of carbonyl (C=O) groups is 2. The second-order valence-electron chi connectivity index (χ2n) is 5.27. The summed E-state index contributed by atoms with van der Waals surface area (Å²) in [6, 6.07) is 13.4. The number of hydrogen-bond acceptors (Lipinski definition) is 3. The van der Waals surface area contributed by atoms with Gasteiger partial charge in [-0.25, -0.2) is 0 Å². The van der Waals surface area contributed by atoms with Gasteiger partial charge in [0.15, 0.2) is 0 Å². The predicted octanol–water partition coefficient (Wildman–Crippen LogP) is 5.25. The minimum Gasteiger partial charge on any atom is -0.425 e. The highest BCUT2D eigenvalue weighted by Crippen LogP contribution is 2.41. The molecule has 0 spiro atoms. The van der Waals surface area contributed by atoms with Crippen molar-refractivity contribution in [1.82, 2.24) is 0 Å². The van der Waals surface area contributed by atoms with Crippen LogP contribution in [-0.4, -0.2) is 11.8 Å². The fourth-order valence-electron chi connectivity index (χ4n) is 2.47. The third-order valence-corrected chi connectivity index (χ3v) is 4.40. The molecule has 0 aliphatic rings. The highest BCUT2D eigenvalue weighted by Gasteiger charge is 2.23. The van der Waals surface area contributed by atoms with Crippen LogP contribution in [0.3, 0.4) is 0 Å². The molecule has 1 unspecified atom stereocenters. The van der Waals surface area contributed by atoms with E-state index in [-0.39, 0.29) is 11.7 Å². The van der Waals surface area contributed by atoms with Gasteiger partial charge in [0.1, 0.15) is 11.5 Å². The molecule has 0 heterocycles. The van der Waals surface area contributed by atoms with Gasteiger partial charge in [0.05, 0.1) is 4.47 Å². The lowest BCUT2D eigenvalue weighted by atomic mass is 9.87. The zero-order valence-corrected chi connectivity index (χ0v) is 16.0. The minimum absolute atomic E-state index is 0.0729. The maximum Gasteiger partial charge on any atom is 0.308 e. The van der Waals surface area contributed by atoms with Crippen molar-refractivity contribution in [2.45, 2.75) is 26.2 Å². The van der Waals surface area contributed by atoms with Gasteiger partial charge < -0.3 is 4.74 Å². The monoisotopic (exact) mass is 438 g/mol. The molecule has 1 atom stereocenters. The van der Waals surface area contributed by atoms with E-state index in [0.29, 0.717) is 16.6 Å². The molecule has 5 heteroatoms. The zero-order valence-electron chi connectivity index (χ0n) is 12.8. The van der Waals surface area contributed by atoms with Crippen LogP contribution in [0.2, 0.25) is 0 Å². The Morgan fingerprint density at radius 1 is 1.09 bits per heavy atom. The van der Waals surface area contributed by atoms with Crippen LogP contribution in [0, 0.1) is 0 Å². The lowest BCUT2D eigenvalue weighted by Crippen LogP contribution is -2.11. The van der Waals surface area contributed by atoms with E-state index in [4.69, 9.17) is 4.74 Å². The Bertz CT molecular complexity index is 727. The van der Waals surface area contributed by atoms with Crippen LogP contribution >= 0.6 is 31.9 Å². The quantitative estimate of drug-likeness (QED) is 0.472. The van der Waals surface area contributed by atoms with Gasteiger partial charge >= 0.3 is 5.97 Å². The van der Waals surface area contributed by atoms with Crippen LogP contribution in [0.1, 0.15) is 37.3 Å². The van der Waals surface area contributed by atoms with E-state index in [2.05, 4.69) is 31.9 Å². The van der Waals surface area contributed by atoms with Crippen molar-refractivity contribution in [3.8, 4) is 5.75 Å². The van der Waals surface area contributed by atoms with Crippen LogP contribution < -0.4 is 4.74 Å². The molecule has 0 aliphatic carbocycles. The fourth-order valence-corrected chi connectivity index (χ4v) is 3.81. The second kappa shape index (κ2) is 7.88. The molecular weight excluding hydrogens is 424 g/mol. The van der Waals surface area contributed by atoms with E-state index >= 15 is 0 Å². The van der Waals surface area contributed by atoms with Crippen molar-refractivity contribution in [2.24, 2.45) is 0 Å². The van der Waals surface area contributed by atoms with Crippen LogP contribution in [0.15, 0.2) is 51.4 Å². The van der Waals surface area contributed by atoms with Crippen molar-refractivity contribution >= 4 is 43.6 Å². The maximum atomic E-state index is 11.8. The summed E-state index contributed by atoms with van der Waals surface area (Å²) in [4.78, 5) is 23.2. The Hall–Kier alpha value is -1.46. The molecule has 120 valence electrons. The summed E-state index contributed by atoms with van der Waals surface area (Å²) in [6.07, 6.45) is 0.334. The molecule has 0 aromatic heterocycles. The molecule has 0 saturated heterocycles. The molecule has 0 N–H and O–H groups in total. The molecule has 0 bridgehead atoms. The Kier molecular flexibility index (Phi) is 6.13. The molecule has 0 saturated carbocycles. The molecule has 0 amide bonds. The zero-order chi connectivity index (χ0) is 17.0. The maximum absolute atomic E-state index is 11.8. The van der Waals surface area contributed by atoms with Crippen LogP contribution in [0.5, 0.6) is 5.75 Å². The summed E-state index contributed by atoms with van der Waals surface area (Å²) in [5, 5.41) is 0. The Balaban J connectivity index is 2.62. The van der Waals surface area contributed by atoms with Crippen molar-refractivity contribution in [3.05, 3.63) is 62.5 Å². The number of benzene rings is 2. The lowest BCUT2D eigenvalue weighted by Gasteiger charge is -2.21. The van der Waals surface area contributed by atoms with Gasteiger partial charge in [-0.3, -0.25) is 9.59 Å². The van der Waals surface area contributed by atoms with Crippen molar-refractivity contribution < 1.29 is 14.3 Å². The molecule has 3 nitrogen and oxygen atoms in total. The highest BCUT2D eigenvalue weighted by molar-refractivity contribution is 9.11. The number of ketones is 1. The highest BCUT2D eigenvalue weighted by atomic mass is 79.9. The standard InChI is InChI=1S/C18H16Br2O3/c1-11(21)8-15(13-6-4-3-5-7-13)16-9-14(19)10-17(20)18(16)23-12(2)22/h3-7,9-10,15H,8H2,1-2H3. The molecular formula is C18H16Br2O3. The second-order valence-corrected chi connectivity index (χ2v) is 7.04. The molecule has 2 aromatic rings. The summed E-state index contributed by atoms with van der Waals surface area (Å²) in [7, 11) is 0. The average Bonchev–Trinajstić information content (AvgIpc) is 2.48. The third-order valence-electron chi connectivity index (χ3n) is 3.35. The topological polar surface area (TPSA) is 43.4 Å². The molecule has 2 aromatic carbocycles. The SMILES string of the molecule is CC(=O)CC(c1ccccc1)c1cc(Br)cc(Br)c1OC(C)=O. The van der Waals surface area contributed by atoms with E-state index in [1.807, 2.05) is 42.5 Å². The summed E-state index contributed by atoms with van der Waals surface area (Å²) in [5.74, 6) is -0.0553. The molecule has 0 fully saturated rings. The van der Waals surface area contributed by atoms with Gasteiger partial charge in [-0.2, -0.15) is 0 Å². The summed E-state index contributed by atoms with van der Waals surface area (Å²) < 4.78 is 6.91. The number of halogens is 2. The van der Waals surface area contributed by atoms with Gasteiger partial charge in [0.2, 0.25) is 0 Å². The molecule has 0 radical (unpaired) electrons. The summed E-state index contributed by atoms with van der Waals surface area (Å²) >= 11 is 6.91. The predicted molar refractivity (Wildman–Crippen MR) is 96.7 cm³/mol. The van der Waals surface area contributed by atoms with Gasteiger partial charge in [-0.1, -0.05) is 46.3 Å². The first kappa shape index (κ1) is 17.9. The molecule has 0 aliphatic heterocycles.